The molecule has 0 aliphatic rings. The Bertz CT molecular complexity index is 742. The van der Waals surface area contributed by atoms with Crippen molar-refractivity contribution < 1.29 is 9.31 Å². The van der Waals surface area contributed by atoms with Crippen molar-refractivity contribution in [2.75, 3.05) is 0 Å². The van der Waals surface area contributed by atoms with Gasteiger partial charge in [-0.1, -0.05) is 60.7 Å². The van der Waals surface area contributed by atoms with Crippen LogP contribution in [0.2, 0.25) is 0 Å². The molecule has 4 heteroatoms. The van der Waals surface area contributed by atoms with Gasteiger partial charge in [0.15, 0.2) is 5.69 Å². The Hall–Kier alpha value is -3.19. The molecule has 0 aliphatic carbocycles. The van der Waals surface area contributed by atoms with Gasteiger partial charge < -0.3 is 9.31 Å². The second-order valence-electron chi connectivity index (χ2n) is 4.90. The molecule has 23 heavy (non-hydrogen) atoms. The highest BCUT2D eigenvalue weighted by molar-refractivity contribution is 6.62. The molecule has 0 aliphatic heterocycles. The van der Waals surface area contributed by atoms with Crippen LogP contribution in [0.25, 0.3) is 4.85 Å². The maximum atomic E-state index is 7.04. The quantitative estimate of drug-likeness (QED) is 0.523. The second kappa shape index (κ2) is 7.19. The van der Waals surface area contributed by atoms with Crippen LogP contribution in [0.15, 0.2) is 84.9 Å². The predicted octanol–water partition coefficient (Wildman–Crippen LogP) is 4.09. The zero-order chi connectivity index (χ0) is 15.9. The largest absolute Gasteiger partial charge is 0.632 e. The first-order valence-corrected chi connectivity index (χ1v) is 7.26. The molecule has 3 aromatic rings. The Balaban J connectivity index is 1.87. The van der Waals surface area contributed by atoms with Crippen LogP contribution < -0.4 is 14.8 Å². The lowest BCUT2D eigenvalue weighted by Crippen LogP contribution is -2.42. The van der Waals surface area contributed by atoms with Gasteiger partial charge in [-0.2, -0.15) is 0 Å². The number of para-hydroxylation sites is 2. The molecular formula is C19H14BNO2. The Morgan fingerprint density at radius 1 is 0.652 bits per heavy atom. The van der Waals surface area contributed by atoms with Gasteiger partial charge in [-0.25, -0.2) is 4.85 Å². The highest BCUT2D eigenvalue weighted by atomic mass is 16.6. The summed E-state index contributed by atoms with van der Waals surface area (Å²) in [5.41, 5.74) is 1.44. The first-order valence-electron chi connectivity index (χ1n) is 7.26. The van der Waals surface area contributed by atoms with E-state index >= 15 is 0 Å². The van der Waals surface area contributed by atoms with Crippen molar-refractivity contribution in [3.05, 3.63) is 96.3 Å². The standard InChI is InChI=1S/C19H14BNO2/c1-21-17-14-12-16(13-15-17)20(22-18-8-4-2-5-9-18)23-19-10-6-3-7-11-19/h2-15H. The monoisotopic (exact) mass is 299 g/mol. The molecule has 0 aromatic heterocycles. The zero-order valence-electron chi connectivity index (χ0n) is 12.4. The lowest BCUT2D eigenvalue weighted by atomic mass is 9.78. The van der Waals surface area contributed by atoms with Crippen LogP contribution in [0.4, 0.5) is 5.69 Å². The Morgan fingerprint density at radius 2 is 1.13 bits per heavy atom. The van der Waals surface area contributed by atoms with Crippen LogP contribution in [0.1, 0.15) is 0 Å². The molecule has 0 spiro atoms. The maximum Gasteiger partial charge on any atom is 0.632 e. The third-order valence-corrected chi connectivity index (χ3v) is 3.27. The van der Waals surface area contributed by atoms with Gasteiger partial charge in [0.1, 0.15) is 11.5 Å². The molecule has 0 amide bonds. The summed E-state index contributed by atoms with van der Waals surface area (Å²) in [7, 11) is -0.584. The summed E-state index contributed by atoms with van der Waals surface area (Å²) < 4.78 is 12.0. The first-order chi connectivity index (χ1) is 11.3. The molecule has 3 aromatic carbocycles. The molecule has 0 atom stereocenters. The van der Waals surface area contributed by atoms with Crippen molar-refractivity contribution in [1.82, 2.24) is 0 Å². The van der Waals surface area contributed by atoms with Gasteiger partial charge in [0, 0.05) is 5.46 Å². The van der Waals surface area contributed by atoms with Crippen LogP contribution in [-0.4, -0.2) is 7.12 Å². The molecule has 3 rings (SSSR count). The normalized spacial score (nSPS) is 9.70. The number of benzene rings is 3. The van der Waals surface area contributed by atoms with E-state index in [0.717, 1.165) is 17.0 Å². The Labute approximate surface area is 136 Å². The predicted molar refractivity (Wildman–Crippen MR) is 92.2 cm³/mol. The van der Waals surface area contributed by atoms with Crippen molar-refractivity contribution in [1.29, 1.82) is 0 Å². The summed E-state index contributed by atoms with van der Waals surface area (Å²) in [6, 6.07) is 26.3. The van der Waals surface area contributed by atoms with E-state index in [-0.39, 0.29) is 0 Å². The molecule has 0 unspecified atom stereocenters. The van der Waals surface area contributed by atoms with E-state index in [0.29, 0.717) is 5.69 Å². The van der Waals surface area contributed by atoms with Crippen LogP contribution in [0, 0.1) is 6.57 Å². The average Bonchev–Trinajstić information content (AvgIpc) is 2.63. The summed E-state index contributed by atoms with van der Waals surface area (Å²) >= 11 is 0. The molecule has 0 saturated heterocycles. The highest BCUT2D eigenvalue weighted by Crippen LogP contribution is 2.15. The minimum absolute atomic E-state index is 0.584. The summed E-state index contributed by atoms with van der Waals surface area (Å²) in [4.78, 5) is 3.41. The van der Waals surface area contributed by atoms with E-state index in [9.17, 15) is 0 Å². The number of hydrogen-bond acceptors (Lipinski definition) is 2. The molecule has 3 nitrogen and oxygen atoms in total. The second-order valence-corrected chi connectivity index (χ2v) is 4.90. The summed E-state index contributed by atoms with van der Waals surface area (Å²) in [6.45, 7) is 7.04. The summed E-state index contributed by atoms with van der Waals surface area (Å²) in [6.07, 6.45) is 0. The van der Waals surface area contributed by atoms with E-state index in [1.165, 1.54) is 0 Å². The molecule has 0 radical (unpaired) electrons. The number of rotatable bonds is 5. The topological polar surface area (TPSA) is 22.8 Å². The third kappa shape index (κ3) is 3.93. The fourth-order valence-corrected chi connectivity index (χ4v) is 2.11. The van der Waals surface area contributed by atoms with Gasteiger partial charge in [0.25, 0.3) is 0 Å². The number of hydrogen-bond donors (Lipinski definition) is 0. The van der Waals surface area contributed by atoms with Crippen molar-refractivity contribution in [2.24, 2.45) is 0 Å². The van der Waals surface area contributed by atoms with Gasteiger partial charge in [-0.3, -0.25) is 0 Å². The molecule has 0 heterocycles. The van der Waals surface area contributed by atoms with Crippen molar-refractivity contribution in [3.63, 3.8) is 0 Å². The lowest BCUT2D eigenvalue weighted by Gasteiger charge is -2.17. The molecule has 0 saturated carbocycles. The minimum Gasteiger partial charge on any atom is -0.522 e. The summed E-state index contributed by atoms with van der Waals surface area (Å²) in [5.74, 6) is 1.45. The molecule has 110 valence electrons. The molecular weight excluding hydrogens is 285 g/mol. The Morgan fingerprint density at radius 3 is 1.57 bits per heavy atom. The van der Waals surface area contributed by atoms with Crippen LogP contribution in [-0.2, 0) is 0 Å². The SMILES string of the molecule is [C-]#[N+]c1ccc(B(Oc2ccccc2)Oc2ccccc2)cc1. The average molecular weight is 299 g/mol. The van der Waals surface area contributed by atoms with Crippen molar-refractivity contribution in [2.45, 2.75) is 0 Å². The van der Waals surface area contributed by atoms with Crippen LogP contribution in [0.5, 0.6) is 11.5 Å². The van der Waals surface area contributed by atoms with Gasteiger partial charge in [-0.05, 0) is 24.3 Å². The minimum atomic E-state index is -0.584. The number of nitrogens with zero attached hydrogens (tertiary/aromatic N) is 1. The fourth-order valence-electron chi connectivity index (χ4n) is 2.11. The van der Waals surface area contributed by atoms with Gasteiger partial charge in [0.2, 0.25) is 0 Å². The van der Waals surface area contributed by atoms with Gasteiger partial charge in [-0.15, -0.1) is 0 Å². The maximum absolute atomic E-state index is 7.04. The third-order valence-electron chi connectivity index (χ3n) is 3.27. The Kier molecular flexibility index (Phi) is 4.61. The van der Waals surface area contributed by atoms with Crippen molar-refractivity contribution in [3.8, 4) is 11.5 Å². The lowest BCUT2D eigenvalue weighted by molar-refractivity contribution is 0.439. The first kappa shape index (κ1) is 14.7. The molecule has 0 bridgehead atoms. The van der Waals surface area contributed by atoms with E-state index in [1.54, 1.807) is 12.1 Å². The highest BCUT2D eigenvalue weighted by Gasteiger charge is 2.26. The van der Waals surface area contributed by atoms with Gasteiger partial charge in [0.05, 0.1) is 6.57 Å². The van der Waals surface area contributed by atoms with E-state index in [1.807, 2.05) is 72.8 Å². The van der Waals surface area contributed by atoms with E-state index < -0.39 is 7.12 Å². The fraction of sp³-hybridized carbons (Fsp3) is 0. The van der Waals surface area contributed by atoms with Gasteiger partial charge >= 0.3 is 7.12 Å². The smallest absolute Gasteiger partial charge is 0.522 e. The van der Waals surface area contributed by atoms with Crippen LogP contribution in [0.3, 0.4) is 0 Å². The van der Waals surface area contributed by atoms with Crippen LogP contribution >= 0.6 is 0 Å². The van der Waals surface area contributed by atoms with Crippen molar-refractivity contribution >= 4 is 18.3 Å². The zero-order valence-corrected chi connectivity index (χ0v) is 12.4. The summed E-state index contributed by atoms with van der Waals surface area (Å²) in [5, 5.41) is 0. The van der Waals surface area contributed by atoms with E-state index in [2.05, 4.69) is 4.85 Å². The molecule has 0 N–H and O–H groups in total. The van der Waals surface area contributed by atoms with E-state index in [4.69, 9.17) is 15.9 Å². The molecule has 0 fully saturated rings.